The predicted molar refractivity (Wildman–Crippen MR) is 75.7 cm³/mol. The lowest BCUT2D eigenvalue weighted by Gasteiger charge is -2.33. The van der Waals surface area contributed by atoms with E-state index < -0.39 is 11.7 Å². The van der Waals surface area contributed by atoms with Gasteiger partial charge in [0.1, 0.15) is 0 Å². The van der Waals surface area contributed by atoms with Crippen LogP contribution in [0.1, 0.15) is 45.1 Å². The fourth-order valence-electron chi connectivity index (χ4n) is 3.04. The summed E-state index contributed by atoms with van der Waals surface area (Å²) in [5.41, 5.74) is -0.346. The van der Waals surface area contributed by atoms with Gasteiger partial charge in [-0.2, -0.15) is 13.2 Å². The van der Waals surface area contributed by atoms with Gasteiger partial charge in [0.2, 0.25) is 0 Å². The maximum Gasteiger partial charge on any atom is 0.418 e. The zero-order valence-corrected chi connectivity index (χ0v) is 12.0. The Morgan fingerprint density at radius 1 is 1.15 bits per heavy atom. The van der Waals surface area contributed by atoms with Gasteiger partial charge in [0, 0.05) is 11.7 Å². The highest BCUT2D eigenvalue weighted by atomic mass is 19.4. The molecule has 4 heteroatoms. The van der Waals surface area contributed by atoms with E-state index in [9.17, 15) is 13.2 Å². The first-order valence-electron chi connectivity index (χ1n) is 7.30. The molecule has 1 saturated carbocycles. The van der Waals surface area contributed by atoms with Crippen molar-refractivity contribution in [3.63, 3.8) is 0 Å². The summed E-state index contributed by atoms with van der Waals surface area (Å²) in [7, 11) is 0. The molecule has 0 bridgehead atoms. The first-order valence-corrected chi connectivity index (χ1v) is 7.30. The van der Waals surface area contributed by atoms with Crippen LogP contribution in [0.4, 0.5) is 18.9 Å². The van der Waals surface area contributed by atoms with Crippen LogP contribution in [0.5, 0.6) is 0 Å². The number of para-hydroxylation sites is 1. The molecule has 0 aliphatic heterocycles. The number of alkyl halides is 3. The van der Waals surface area contributed by atoms with Crippen molar-refractivity contribution in [1.29, 1.82) is 0 Å². The Hall–Kier alpha value is -1.19. The third-order valence-corrected chi connectivity index (χ3v) is 4.25. The van der Waals surface area contributed by atoms with Crippen LogP contribution in [0.25, 0.3) is 0 Å². The number of rotatable bonds is 3. The molecule has 1 aromatic carbocycles. The lowest BCUT2D eigenvalue weighted by molar-refractivity contribution is -0.137. The van der Waals surface area contributed by atoms with Crippen molar-refractivity contribution in [2.75, 3.05) is 5.32 Å². The topological polar surface area (TPSA) is 12.0 Å². The third-order valence-electron chi connectivity index (χ3n) is 4.25. The molecule has 1 aromatic rings. The van der Waals surface area contributed by atoms with E-state index in [2.05, 4.69) is 19.2 Å². The molecule has 1 nitrogen and oxygen atoms in total. The summed E-state index contributed by atoms with van der Waals surface area (Å²) < 4.78 is 38.9. The summed E-state index contributed by atoms with van der Waals surface area (Å²) in [6.07, 6.45) is -0.0968. The number of anilines is 1. The van der Waals surface area contributed by atoms with Crippen LogP contribution in [-0.4, -0.2) is 6.04 Å². The van der Waals surface area contributed by atoms with E-state index in [4.69, 9.17) is 0 Å². The van der Waals surface area contributed by atoms with Crippen LogP contribution >= 0.6 is 0 Å². The number of halogens is 3. The van der Waals surface area contributed by atoms with Crippen LogP contribution in [-0.2, 0) is 6.18 Å². The van der Waals surface area contributed by atoms with Crippen LogP contribution in [0.15, 0.2) is 24.3 Å². The van der Waals surface area contributed by atoms with Gasteiger partial charge in [0.15, 0.2) is 0 Å². The summed E-state index contributed by atoms with van der Waals surface area (Å²) in [5.74, 6) is 1.21. The van der Waals surface area contributed by atoms with E-state index in [0.29, 0.717) is 11.8 Å². The summed E-state index contributed by atoms with van der Waals surface area (Å²) in [6.45, 7) is 4.38. The molecule has 20 heavy (non-hydrogen) atoms. The van der Waals surface area contributed by atoms with Crippen LogP contribution < -0.4 is 5.32 Å². The fourth-order valence-corrected chi connectivity index (χ4v) is 3.04. The van der Waals surface area contributed by atoms with E-state index in [0.717, 1.165) is 25.3 Å². The lowest BCUT2D eigenvalue weighted by Crippen LogP contribution is -2.30. The quantitative estimate of drug-likeness (QED) is 0.791. The van der Waals surface area contributed by atoms with Crippen LogP contribution in [0, 0.1) is 11.8 Å². The van der Waals surface area contributed by atoms with Gasteiger partial charge in [0.25, 0.3) is 0 Å². The van der Waals surface area contributed by atoms with Crippen molar-refractivity contribution in [2.45, 2.75) is 51.7 Å². The Kier molecular flexibility index (Phi) is 4.61. The lowest BCUT2D eigenvalue weighted by atomic mass is 9.79. The summed E-state index contributed by atoms with van der Waals surface area (Å²) >= 11 is 0. The smallest absolute Gasteiger partial charge is 0.382 e. The highest BCUT2D eigenvalue weighted by Crippen LogP contribution is 2.37. The van der Waals surface area contributed by atoms with E-state index in [1.165, 1.54) is 18.6 Å². The largest absolute Gasteiger partial charge is 0.418 e. The van der Waals surface area contributed by atoms with E-state index in [-0.39, 0.29) is 11.7 Å². The zero-order valence-electron chi connectivity index (χ0n) is 12.0. The molecule has 0 aromatic heterocycles. The van der Waals surface area contributed by atoms with Gasteiger partial charge in [-0.05, 0) is 36.8 Å². The third kappa shape index (κ3) is 3.68. The number of hydrogen-bond acceptors (Lipinski definition) is 1. The molecule has 1 aliphatic carbocycles. The minimum Gasteiger partial charge on any atom is -0.382 e. The Morgan fingerprint density at radius 2 is 1.85 bits per heavy atom. The van der Waals surface area contributed by atoms with Crippen LogP contribution in [0.3, 0.4) is 0 Å². The maximum absolute atomic E-state index is 13.0. The molecule has 1 aliphatic rings. The van der Waals surface area contributed by atoms with Crippen molar-refractivity contribution in [3.8, 4) is 0 Å². The monoisotopic (exact) mass is 285 g/mol. The molecule has 2 unspecified atom stereocenters. The minimum absolute atomic E-state index is 0.152. The molecule has 0 spiro atoms. The first kappa shape index (κ1) is 15.2. The zero-order chi connectivity index (χ0) is 14.8. The van der Waals surface area contributed by atoms with E-state index in [1.54, 1.807) is 6.07 Å². The molecular formula is C16H22F3N. The second-order valence-corrected chi connectivity index (χ2v) is 6.06. The van der Waals surface area contributed by atoms with E-state index >= 15 is 0 Å². The van der Waals surface area contributed by atoms with Gasteiger partial charge >= 0.3 is 6.18 Å². The molecule has 1 fully saturated rings. The van der Waals surface area contributed by atoms with Crippen molar-refractivity contribution >= 4 is 5.69 Å². The number of benzene rings is 1. The van der Waals surface area contributed by atoms with Gasteiger partial charge in [-0.25, -0.2) is 0 Å². The molecule has 2 atom stereocenters. The summed E-state index contributed by atoms with van der Waals surface area (Å²) in [5, 5.41) is 3.12. The SMILES string of the molecule is CC(C)C1CCCC(Nc2ccccc2C(F)(F)F)C1. The standard InChI is InChI=1S/C16H22F3N/c1-11(2)12-6-5-7-13(10-12)20-15-9-4-3-8-14(15)16(17,18)19/h3-4,8-9,11-13,20H,5-7,10H2,1-2H3. The van der Waals surface area contributed by atoms with Gasteiger partial charge < -0.3 is 5.32 Å². The van der Waals surface area contributed by atoms with Gasteiger partial charge in [0.05, 0.1) is 5.56 Å². The van der Waals surface area contributed by atoms with Crippen molar-refractivity contribution < 1.29 is 13.2 Å². The second kappa shape index (κ2) is 6.06. The predicted octanol–water partition coefficient (Wildman–Crippen LogP) is 5.33. The van der Waals surface area contributed by atoms with Gasteiger partial charge in [-0.1, -0.05) is 38.8 Å². The minimum atomic E-state index is -4.30. The molecule has 1 N–H and O–H groups in total. The van der Waals surface area contributed by atoms with Gasteiger partial charge in [-0.3, -0.25) is 0 Å². The van der Waals surface area contributed by atoms with Gasteiger partial charge in [-0.15, -0.1) is 0 Å². The molecule has 2 rings (SSSR count). The molecular weight excluding hydrogens is 263 g/mol. The molecule has 0 radical (unpaired) electrons. The Bertz CT molecular complexity index is 440. The maximum atomic E-state index is 13.0. The Labute approximate surface area is 118 Å². The summed E-state index contributed by atoms with van der Waals surface area (Å²) in [6, 6.07) is 5.92. The Morgan fingerprint density at radius 3 is 2.50 bits per heavy atom. The van der Waals surface area contributed by atoms with Crippen LogP contribution in [0.2, 0.25) is 0 Å². The Balaban J connectivity index is 2.10. The number of nitrogens with one attached hydrogen (secondary N) is 1. The molecule has 112 valence electrons. The fraction of sp³-hybridized carbons (Fsp3) is 0.625. The van der Waals surface area contributed by atoms with Crippen molar-refractivity contribution in [1.82, 2.24) is 0 Å². The highest BCUT2D eigenvalue weighted by Gasteiger charge is 2.34. The average Bonchev–Trinajstić information content (AvgIpc) is 2.38. The van der Waals surface area contributed by atoms with E-state index in [1.807, 2.05) is 0 Å². The summed E-state index contributed by atoms with van der Waals surface area (Å²) in [4.78, 5) is 0. The molecule has 0 heterocycles. The number of hydrogen-bond donors (Lipinski definition) is 1. The first-order chi connectivity index (χ1) is 9.38. The normalized spacial score (nSPS) is 23.9. The average molecular weight is 285 g/mol. The second-order valence-electron chi connectivity index (χ2n) is 6.06. The highest BCUT2D eigenvalue weighted by molar-refractivity contribution is 5.53. The van der Waals surface area contributed by atoms with Crippen molar-refractivity contribution in [3.05, 3.63) is 29.8 Å². The molecule has 0 saturated heterocycles. The molecule has 0 amide bonds. The van der Waals surface area contributed by atoms with Crippen molar-refractivity contribution in [2.24, 2.45) is 11.8 Å².